The van der Waals surface area contributed by atoms with Crippen LogP contribution in [-0.4, -0.2) is 10.1 Å². The number of fused-ring (bicyclic) bond motifs is 1. The summed E-state index contributed by atoms with van der Waals surface area (Å²) in [5, 5.41) is 10.3. The Morgan fingerprint density at radius 3 is 2.93 bits per heavy atom. The van der Waals surface area contributed by atoms with Crippen molar-refractivity contribution in [1.29, 1.82) is 0 Å². The minimum absolute atomic E-state index is 0.241. The van der Waals surface area contributed by atoms with Crippen molar-refractivity contribution in [1.82, 2.24) is 4.98 Å². The van der Waals surface area contributed by atoms with Crippen molar-refractivity contribution >= 4 is 10.9 Å². The highest BCUT2D eigenvalue weighted by Gasteiger charge is 2.03. The highest BCUT2D eigenvalue weighted by molar-refractivity contribution is 5.83. The van der Waals surface area contributed by atoms with Gasteiger partial charge in [-0.05, 0) is 30.2 Å². The predicted octanol–water partition coefficient (Wildman–Crippen LogP) is 1.71. The second kappa shape index (κ2) is 3.27. The highest BCUT2D eigenvalue weighted by Crippen LogP contribution is 2.22. The fourth-order valence-corrected chi connectivity index (χ4v) is 1.57. The zero-order chi connectivity index (χ0) is 10.1. The van der Waals surface area contributed by atoms with Gasteiger partial charge in [-0.25, -0.2) is 0 Å². The quantitative estimate of drug-likeness (QED) is 0.716. The van der Waals surface area contributed by atoms with E-state index in [1.807, 2.05) is 13.0 Å². The lowest BCUT2D eigenvalue weighted by molar-refractivity contribution is 0.476. The molecule has 14 heavy (non-hydrogen) atoms. The van der Waals surface area contributed by atoms with Gasteiger partial charge in [0.1, 0.15) is 5.75 Å². The first kappa shape index (κ1) is 8.97. The van der Waals surface area contributed by atoms with Crippen molar-refractivity contribution in [3.8, 4) is 5.75 Å². The van der Waals surface area contributed by atoms with E-state index in [0.717, 1.165) is 22.0 Å². The van der Waals surface area contributed by atoms with Crippen LogP contribution in [0.2, 0.25) is 0 Å². The van der Waals surface area contributed by atoms with Gasteiger partial charge in [-0.1, -0.05) is 0 Å². The molecule has 0 aliphatic heterocycles. The van der Waals surface area contributed by atoms with Gasteiger partial charge in [0.15, 0.2) is 0 Å². The van der Waals surface area contributed by atoms with E-state index < -0.39 is 0 Å². The molecule has 3 N–H and O–H groups in total. The van der Waals surface area contributed by atoms with Crippen LogP contribution in [0.1, 0.15) is 11.1 Å². The summed E-state index contributed by atoms with van der Waals surface area (Å²) in [6.07, 6.45) is 1.76. The molecule has 0 saturated heterocycles. The second-order valence-corrected chi connectivity index (χ2v) is 3.31. The number of hydrogen-bond acceptors (Lipinski definition) is 3. The van der Waals surface area contributed by atoms with Crippen molar-refractivity contribution in [2.75, 3.05) is 0 Å². The van der Waals surface area contributed by atoms with Crippen molar-refractivity contribution in [3.05, 3.63) is 35.5 Å². The lowest BCUT2D eigenvalue weighted by atomic mass is 10.1. The van der Waals surface area contributed by atoms with Crippen LogP contribution in [-0.2, 0) is 6.54 Å². The summed E-state index contributed by atoms with van der Waals surface area (Å²) in [7, 11) is 0. The molecule has 1 heterocycles. The van der Waals surface area contributed by atoms with Gasteiger partial charge in [0, 0.05) is 24.2 Å². The fourth-order valence-electron chi connectivity index (χ4n) is 1.57. The third-order valence-electron chi connectivity index (χ3n) is 2.45. The molecule has 0 aliphatic rings. The second-order valence-electron chi connectivity index (χ2n) is 3.31. The van der Waals surface area contributed by atoms with Crippen LogP contribution in [0.5, 0.6) is 5.75 Å². The standard InChI is InChI=1S/C11H12N2O/c1-7-8(5-12)6-13-11-4-9(14)2-3-10(7)11/h2-4,6,14H,5,12H2,1H3. The monoisotopic (exact) mass is 188 g/mol. The smallest absolute Gasteiger partial charge is 0.117 e. The summed E-state index contributed by atoms with van der Waals surface area (Å²) in [5.41, 5.74) is 8.57. The lowest BCUT2D eigenvalue weighted by Crippen LogP contribution is -2.00. The molecule has 3 nitrogen and oxygen atoms in total. The van der Waals surface area contributed by atoms with Crippen LogP contribution in [0.3, 0.4) is 0 Å². The lowest BCUT2D eigenvalue weighted by Gasteiger charge is -2.06. The van der Waals surface area contributed by atoms with Gasteiger partial charge in [0.2, 0.25) is 0 Å². The molecule has 0 bridgehead atoms. The molecule has 0 aliphatic carbocycles. The number of aromatic hydroxyl groups is 1. The Morgan fingerprint density at radius 1 is 1.43 bits per heavy atom. The number of nitrogens with two attached hydrogens (primary N) is 1. The third kappa shape index (κ3) is 1.32. The van der Waals surface area contributed by atoms with Crippen LogP contribution in [0.15, 0.2) is 24.4 Å². The molecule has 1 aromatic heterocycles. The topological polar surface area (TPSA) is 59.1 Å². The van der Waals surface area contributed by atoms with Gasteiger partial charge in [0.05, 0.1) is 5.52 Å². The van der Waals surface area contributed by atoms with Crippen molar-refractivity contribution < 1.29 is 5.11 Å². The molecule has 2 aromatic rings. The fraction of sp³-hybridized carbons (Fsp3) is 0.182. The molecular weight excluding hydrogens is 176 g/mol. The maximum absolute atomic E-state index is 9.28. The van der Waals surface area contributed by atoms with Crippen LogP contribution in [0.4, 0.5) is 0 Å². The minimum atomic E-state index is 0.241. The Balaban J connectivity index is 2.77. The van der Waals surface area contributed by atoms with E-state index in [9.17, 15) is 5.11 Å². The maximum Gasteiger partial charge on any atom is 0.117 e. The maximum atomic E-state index is 9.28. The number of rotatable bonds is 1. The number of aromatic nitrogens is 1. The first-order valence-electron chi connectivity index (χ1n) is 4.49. The molecule has 0 amide bonds. The largest absolute Gasteiger partial charge is 0.508 e. The Morgan fingerprint density at radius 2 is 2.21 bits per heavy atom. The summed E-state index contributed by atoms with van der Waals surface area (Å²) in [4.78, 5) is 4.23. The van der Waals surface area contributed by atoms with E-state index in [2.05, 4.69) is 4.98 Å². The van der Waals surface area contributed by atoms with E-state index >= 15 is 0 Å². The van der Waals surface area contributed by atoms with E-state index in [-0.39, 0.29) is 5.75 Å². The molecule has 0 spiro atoms. The number of nitrogens with zero attached hydrogens (tertiary/aromatic N) is 1. The average molecular weight is 188 g/mol. The SMILES string of the molecule is Cc1c(CN)cnc2cc(O)ccc12. The van der Waals surface area contributed by atoms with E-state index in [0.29, 0.717) is 6.54 Å². The van der Waals surface area contributed by atoms with Gasteiger partial charge in [-0.2, -0.15) is 0 Å². The van der Waals surface area contributed by atoms with Gasteiger partial charge >= 0.3 is 0 Å². The van der Waals surface area contributed by atoms with E-state index in [1.165, 1.54) is 0 Å². The molecule has 0 fully saturated rings. The molecule has 0 unspecified atom stereocenters. The Labute approximate surface area is 82.2 Å². The Hall–Kier alpha value is -1.61. The van der Waals surface area contributed by atoms with Gasteiger partial charge in [-0.3, -0.25) is 4.98 Å². The van der Waals surface area contributed by atoms with E-state index in [4.69, 9.17) is 5.73 Å². The first-order valence-corrected chi connectivity index (χ1v) is 4.49. The molecule has 1 aromatic carbocycles. The molecule has 0 atom stereocenters. The third-order valence-corrected chi connectivity index (χ3v) is 2.45. The molecule has 2 rings (SSSR count). The number of phenolic OH excluding ortho intramolecular Hbond substituents is 1. The Bertz CT molecular complexity index is 480. The van der Waals surface area contributed by atoms with Crippen LogP contribution >= 0.6 is 0 Å². The number of aryl methyl sites for hydroxylation is 1. The summed E-state index contributed by atoms with van der Waals surface area (Å²) < 4.78 is 0. The average Bonchev–Trinajstić information content (AvgIpc) is 2.18. The molecule has 72 valence electrons. The number of hydrogen-bond donors (Lipinski definition) is 2. The normalized spacial score (nSPS) is 10.7. The van der Waals surface area contributed by atoms with Crippen LogP contribution in [0, 0.1) is 6.92 Å². The minimum Gasteiger partial charge on any atom is -0.508 e. The Kier molecular flexibility index (Phi) is 2.09. The van der Waals surface area contributed by atoms with Gasteiger partial charge < -0.3 is 10.8 Å². The summed E-state index contributed by atoms with van der Waals surface area (Å²) in [6, 6.07) is 5.19. The summed E-state index contributed by atoms with van der Waals surface area (Å²) in [6.45, 7) is 2.51. The van der Waals surface area contributed by atoms with E-state index in [1.54, 1.807) is 18.3 Å². The highest BCUT2D eigenvalue weighted by atomic mass is 16.3. The van der Waals surface area contributed by atoms with Crippen LogP contribution < -0.4 is 5.73 Å². The zero-order valence-corrected chi connectivity index (χ0v) is 7.99. The van der Waals surface area contributed by atoms with Crippen molar-refractivity contribution in [3.63, 3.8) is 0 Å². The van der Waals surface area contributed by atoms with Crippen molar-refractivity contribution in [2.24, 2.45) is 5.73 Å². The van der Waals surface area contributed by atoms with Crippen molar-refractivity contribution in [2.45, 2.75) is 13.5 Å². The van der Waals surface area contributed by atoms with Gasteiger partial charge in [0.25, 0.3) is 0 Å². The number of pyridine rings is 1. The van der Waals surface area contributed by atoms with Gasteiger partial charge in [-0.15, -0.1) is 0 Å². The summed E-state index contributed by atoms with van der Waals surface area (Å²) in [5.74, 6) is 0.241. The number of benzene rings is 1. The molecule has 0 saturated carbocycles. The molecule has 3 heteroatoms. The predicted molar refractivity (Wildman–Crippen MR) is 56.0 cm³/mol. The first-order chi connectivity index (χ1) is 6.72. The van der Waals surface area contributed by atoms with Crippen LogP contribution in [0.25, 0.3) is 10.9 Å². The molecular formula is C11H12N2O. The summed E-state index contributed by atoms with van der Waals surface area (Å²) >= 11 is 0. The number of phenols is 1. The zero-order valence-electron chi connectivity index (χ0n) is 7.99. The molecule has 0 radical (unpaired) electrons.